The standard InChI is InChI=1S/C29H50O3/c1-19(2)7-6-8-20(3)23-9-10-24-22-18-29(31-15-16-32-29)26-17-21(30)11-13-28(26,5)25(22)12-14-27(23,24)4/h19-26,30H,6-18H2,1-5H3. The molecule has 0 aromatic heterocycles. The molecule has 9 unspecified atom stereocenters. The van der Waals surface area contributed by atoms with Crippen molar-refractivity contribution in [1.29, 1.82) is 0 Å². The van der Waals surface area contributed by atoms with Gasteiger partial charge in [0.25, 0.3) is 0 Å². The molecular weight excluding hydrogens is 396 g/mol. The number of hydrogen-bond donors (Lipinski definition) is 1. The van der Waals surface area contributed by atoms with Crippen LogP contribution in [-0.4, -0.2) is 30.2 Å². The molecule has 1 spiro atoms. The Morgan fingerprint density at radius 3 is 2.28 bits per heavy atom. The van der Waals surface area contributed by atoms with Gasteiger partial charge < -0.3 is 14.6 Å². The molecule has 1 aliphatic heterocycles. The van der Waals surface area contributed by atoms with Crippen LogP contribution in [0.4, 0.5) is 0 Å². The summed E-state index contributed by atoms with van der Waals surface area (Å²) in [5.74, 6) is 4.86. The van der Waals surface area contributed by atoms with Crippen LogP contribution in [0.15, 0.2) is 0 Å². The zero-order valence-corrected chi connectivity index (χ0v) is 21.6. The Labute approximate surface area is 197 Å². The van der Waals surface area contributed by atoms with Gasteiger partial charge in [0.1, 0.15) is 0 Å². The average molecular weight is 447 g/mol. The first kappa shape index (κ1) is 23.6. The summed E-state index contributed by atoms with van der Waals surface area (Å²) in [5.41, 5.74) is 0.754. The van der Waals surface area contributed by atoms with Crippen LogP contribution in [0.5, 0.6) is 0 Å². The molecule has 1 heterocycles. The van der Waals surface area contributed by atoms with E-state index in [1.165, 1.54) is 44.9 Å². The monoisotopic (exact) mass is 446 g/mol. The van der Waals surface area contributed by atoms with Gasteiger partial charge in [0, 0.05) is 12.3 Å². The van der Waals surface area contributed by atoms with Gasteiger partial charge in [0.05, 0.1) is 19.3 Å². The fourth-order valence-electron chi connectivity index (χ4n) is 10.1. The minimum atomic E-state index is -0.420. The number of ether oxygens (including phenoxy) is 2. The molecule has 5 fully saturated rings. The second-order valence-electron chi connectivity index (χ2n) is 13.6. The van der Waals surface area contributed by atoms with E-state index in [4.69, 9.17) is 9.47 Å². The first-order chi connectivity index (χ1) is 15.2. The first-order valence-electron chi connectivity index (χ1n) is 14.2. The summed E-state index contributed by atoms with van der Waals surface area (Å²) in [6, 6.07) is 0. The average Bonchev–Trinajstić information content (AvgIpc) is 3.34. The van der Waals surface area contributed by atoms with Crippen molar-refractivity contribution in [2.75, 3.05) is 13.2 Å². The molecule has 1 N–H and O–H groups in total. The molecule has 0 amide bonds. The predicted molar refractivity (Wildman–Crippen MR) is 129 cm³/mol. The second-order valence-corrected chi connectivity index (χ2v) is 13.6. The van der Waals surface area contributed by atoms with Gasteiger partial charge in [-0.3, -0.25) is 0 Å². The highest BCUT2D eigenvalue weighted by Crippen LogP contribution is 2.70. The fourth-order valence-corrected chi connectivity index (χ4v) is 10.1. The van der Waals surface area contributed by atoms with E-state index in [1.807, 2.05) is 0 Å². The molecule has 3 nitrogen and oxygen atoms in total. The Kier molecular flexibility index (Phi) is 6.29. The van der Waals surface area contributed by atoms with E-state index in [-0.39, 0.29) is 11.5 Å². The van der Waals surface area contributed by atoms with Gasteiger partial charge in [-0.2, -0.15) is 0 Å². The van der Waals surface area contributed by atoms with Crippen molar-refractivity contribution in [2.24, 2.45) is 52.3 Å². The third-order valence-corrected chi connectivity index (χ3v) is 11.6. The number of aliphatic hydroxyl groups excluding tert-OH is 1. The largest absolute Gasteiger partial charge is 0.393 e. The van der Waals surface area contributed by atoms with Crippen LogP contribution in [0.1, 0.15) is 105 Å². The summed E-state index contributed by atoms with van der Waals surface area (Å²) < 4.78 is 13.0. The number of rotatable bonds is 5. The van der Waals surface area contributed by atoms with E-state index in [9.17, 15) is 5.11 Å². The van der Waals surface area contributed by atoms with Crippen LogP contribution in [-0.2, 0) is 9.47 Å². The van der Waals surface area contributed by atoms with E-state index < -0.39 is 5.79 Å². The number of aliphatic hydroxyl groups is 1. The fraction of sp³-hybridized carbons (Fsp3) is 1.00. The third kappa shape index (κ3) is 3.63. The molecule has 3 heteroatoms. The van der Waals surface area contributed by atoms with Gasteiger partial charge in [0.15, 0.2) is 5.79 Å². The highest BCUT2D eigenvalue weighted by Gasteiger charge is 2.67. The molecule has 4 saturated carbocycles. The molecular formula is C29H50O3. The van der Waals surface area contributed by atoms with Crippen molar-refractivity contribution in [3.05, 3.63) is 0 Å². The first-order valence-corrected chi connectivity index (χ1v) is 14.2. The highest BCUT2D eigenvalue weighted by molar-refractivity contribution is 5.14. The molecule has 0 aromatic rings. The minimum Gasteiger partial charge on any atom is -0.393 e. The Hall–Kier alpha value is -0.120. The third-order valence-electron chi connectivity index (χ3n) is 11.6. The van der Waals surface area contributed by atoms with Crippen LogP contribution in [0.25, 0.3) is 0 Å². The smallest absolute Gasteiger partial charge is 0.172 e. The normalized spacial score (nSPS) is 48.5. The molecule has 1 saturated heterocycles. The molecule has 0 bridgehead atoms. The predicted octanol–water partition coefficient (Wildman–Crippen LogP) is 6.82. The van der Waals surface area contributed by atoms with Crippen molar-refractivity contribution in [2.45, 2.75) is 117 Å². The SMILES string of the molecule is CC(C)CCCC(C)C1CCC2C3CC4(OCCO4)C4CC(O)CCC4(C)C3CCC12C. The Bertz CT molecular complexity index is 669. The summed E-state index contributed by atoms with van der Waals surface area (Å²) >= 11 is 0. The summed E-state index contributed by atoms with van der Waals surface area (Å²) in [5, 5.41) is 10.6. The van der Waals surface area contributed by atoms with Crippen molar-refractivity contribution in [3.63, 3.8) is 0 Å². The number of hydrogen-bond acceptors (Lipinski definition) is 3. The Morgan fingerprint density at radius 2 is 1.56 bits per heavy atom. The molecule has 9 atom stereocenters. The molecule has 0 radical (unpaired) electrons. The van der Waals surface area contributed by atoms with Crippen LogP contribution < -0.4 is 0 Å². The van der Waals surface area contributed by atoms with Gasteiger partial charge in [-0.05, 0) is 91.3 Å². The minimum absolute atomic E-state index is 0.175. The lowest BCUT2D eigenvalue weighted by Crippen LogP contribution is -2.63. The van der Waals surface area contributed by atoms with Crippen LogP contribution >= 0.6 is 0 Å². The summed E-state index contributed by atoms with van der Waals surface area (Å²) in [7, 11) is 0. The van der Waals surface area contributed by atoms with Gasteiger partial charge in [-0.25, -0.2) is 0 Å². The summed E-state index contributed by atoms with van der Waals surface area (Å²) in [6.45, 7) is 14.0. The zero-order chi connectivity index (χ0) is 22.7. The lowest BCUT2D eigenvalue weighted by molar-refractivity contribution is -0.298. The maximum Gasteiger partial charge on any atom is 0.172 e. The van der Waals surface area contributed by atoms with Crippen LogP contribution in [0.2, 0.25) is 0 Å². The molecule has 4 aliphatic carbocycles. The molecule has 5 rings (SSSR count). The van der Waals surface area contributed by atoms with Gasteiger partial charge in [0.2, 0.25) is 0 Å². The van der Waals surface area contributed by atoms with E-state index in [1.54, 1.807) is 0 Å². The topological polar surface area (TPSA) is 38.7 Å². The highest BCUT2D eigenvalue weighted by atomic mass is 16.7. The summed E-state index contributed by atoms with van der Waals surface area (Å²) in [6.07, 6.45) is 13.7. The van der Waals surface area contributed by atoms with Gasteiger partial charge >= 0.3 is 0 Å². The van der Waals surface area contributed by atoms with E-state index in [0.29, 0.717) is 11.3 Å². The maximum atomic E-state index is 10.6. The van der Waals surface area contributed by atoms with Gasteiger partial charge in [-0.15, -0.1) is 0 Å². The quantitative estimate of drug-likeness (QED) is 0.503. The second kappa shape index (κ2) is 8.52. The van der Waals surface area contributed by atoms with Crippen LogP contribution in [0, 0.1) is 52.3 Å². The van der Waals surface area contributed by atoms with Crippen LogP contribution in [0.3, 0.4) is 0 Å². The Morgan fingerprint density at radius 1 is 0.875 bits per heavy atom. The Balaban J connectivity index is 1.39. The van der Waals surface area contributed by atoms with Crippen molar-refractivity contribution in [1.82, 2.24) is 0 Å². The van der Waals surface area contributed by atoms with E-state index in [0.717, 1.165) is 74.4 Å². The molecule has 184 valence electrons. The van der Waals surface area contributed by atoms with E-state index in [2.05, 4.69) is 34.6 Å². The summed E-state index contributed by atoms with van der Waals surface area (Å²) in [4.78, 5) is 0. The van der Waals surface area contributed by atoms with Crippen molar-refractivity contribution < 1.29 is 14.6 Å². The van der Waals surface area contributed by atoms with Crippen molar-refractivity contribution in [3.8, 4) is 0 Å². The van der Waals surface area contributed by atoms with E-state index >= 15 is 0 Å². The number of fused-ring (bicyclic) bond motifs is 6. The lowest BCUT2D eigenvalue weighted by atomic mass is 9.43. The van der Waals surface area contributed by atoms with Crippen molar-refractivity contribution >= 4 is 0 Å². The van der Waals surface area contributed by atoms with Gasteiger partial charge in [-0.1, -0.05) is 53.9 Å². The molecule has 5 aliphatic rings. The zero-order valence-electron chi connectivity index (χ0n) is 21.6. The molecule has 32 heavy (non-hydrogen) atoms. The maximum absolute atomic E-state index is 10.6. The molecule has 0 aromatic carbocycles. The lowest BCUT2D eigenvalue weighted by Gasteiger charge is -2.65.